The molecule has 0 saturated carbocycles. The molecule has 0 saturated heterocycles. The van der Waals surface area contributed by atoms with E-state index in [4.69, 9.17) is 14.2 Å². The third-order valence-electron chi connectivity index (χ3n) is 6.45. The SMILES string of the molecule is CC/C=C\C/C=C\C/C=C\C/C=C\CCCCCCCCOC(CC)C(=O)OCCNC(=O)c1ccccc1OC(C)=O. The highest BCUT2D eigenvalue weighted by Crippen LogP contribution is 2.18. The van der Waals surface area contributed by atoms with Gasteiger partial charge in [0.2, 0.25) is 0 Å². The highest BCUT2D eigenvalue weighted by Gasteiger charge is 2.19. The Kier molecular flexibility index (Phi) is 22.9. The lowest BCUT2D eigenvalue weighted by molar-refractivity contribution is -0.157. The first kappa shape index (κ1) is 37.6. The van der Waals surface area contributed by atoms with Crippen LogP contribution in [0.15, 0.2) is 72.9 Å². The number of allylic oxidation sites excluding steroid dienone is 8. The van der Waals surface area contributed by atoms with Crippen LogP contribution >= 0.6 is 0 Å². The number of esters is 2. The van der Waals surface area contributed by atoms with Gasteiger partial charge in [0.25, 0.3) is 5.91 Å². The minimum absolute atomic E-state index is 0.0288. The highest BCUT2D eigenvalue weighted by molar-refractivity contribution is 5.97. The number of amides is 1. The summed E-state index contributed by atoms with van der Waals surface area (Å²) in [6, 6.07) is 6.47. The third-order valence-corrected chi connectivity index (χ3v) is 6.45. The Morgan fingerprint density at radius 2 is 1.37 bits per heavy atom. The van der Waals surface area contributed by atoms with Gasteiger partial charge in [-0.15, -0.1) is 0 Å². The molecule has 1 amide bonds. The Hall–Kier alpha value is -3.45. The number of carbonyl (C=O) groups is 3. The van der Waals surface area contributed by atoms with Gasteiger partial charge in [0, 0.05) is 13.5 Å². The van der Waals surface area contributed by atoms with E-state index in [2.05, 4.69) is 60.8 Å². The predicted octanol–water partition coefficient (Wildman–Crippen LogP) is 8.22. The molecule has 238 valence electrons. The molecule has 1 rings (SSSR count). The van der Waals surface area contributed by atoms with Gasteiger partial charge >= 0.3 is 11.9 Å². The Labute approximate surface area is 259 Å². The minimum Gasteiger partial charge on any atom is -0.462 e. The van der Waals surface area contributed by atoms with Crippen molar-refractivity contribution in [2.24, 2.45) is 0 Å². The van der Waals surface area contributed by atoms with E-state index in [9.17, 15) is 14.4 Å². The fourth-order valence-electron chi connectivity index (χ4n) is 4.15. The van der Waals surface area contributed by atoms with Gasteiger partial charge < -0.3 is 19.5 Å². The number of ether oxygens (including phenoxy) is 3. The zero-order valence-corrected chi connectivity index (χ0v) is 26.6. The molecule has 0 fully saturated rings. The molecule has 0 aliphatic heterocycles. The molecule has 0 aromatic heterocycles. The van der Waals surface area contributed by atoms with Crippen molar-refractivity contribution in [1.82, 2.24) is 5.32 Å². The molecule has 7 nitrogen and oxygen atoms in total. The maximum Gasteiger partial charge on any atom is 0.335 e. The van der Waals surface area contributed by atoms with Crippen molar-refractivity contribution < 1.29 is 28.6 Å². The topological polar surface area (TPSA) is 90.9 Å². The summed E-state index contributed by atoms with van der Waals surface area (Å²) in [5, 5.41) is 2.67. The molecule has 0 spiro atoms. The second-order valence-electron chi connectivity index (χ2n) is 10.2. The molecule has 1 aromatic carbocycles. The van der Waals surface area contributed by atoms with Crippen LogP contribution in [0.1, 0.15) is 108 Å². The van der Waals surface area contributed by atoms with Crippen LogP contribution < -0.4 is 10.1 Å². The van der Waals surface area contributed by atoms with E-state index in [-0.39, 0.29) is 24.5 Å². The van der Waals surface area contributed by atoms with E-state index < -0.39 is 23.9 Å². The van der Waals surface area contributed by atoms with Crippen LogP contribution in [0, 0.1) is 0 Å². The maximum absolute atomic E-state index is 12.4. The molecule has 0 heterocycles. The van der Waals surface area contributed by atoms with E-state index in [1.807, 2.05) is 6.92 Å². The number of rotatable bonds is 24. The Balaban J connectivity index is 2.05. The van der Waals surface area contributed by atoms with Crippen LogP contribution in [0.5, 0.6) is 5.75 Å². The molecule has 1 N–H and O–H groups in total. The number of nitrogens with one attached hydrogen (secondary N) is 1. The van der Waals surface area contributed by atoms with Crippen LogP contribution in [0.3, 0.4) is 0 Å². The lowest BCUT2D eigenvalue weighted by Crippen LogP contribution is -2.32. The van der Waals surface area contributed by atoms with Gasteiger partial charge in [-0.2, -0.15) is 0 Å². The first-order valence-corrected chi connectivity index (χ1v) is 15.9. The van der Waals surface area contributed by atoms with Crippen LogP contribution in [0.4, 0.5) is 0 Å². The summed E-state index contributed by atoms with van der Waals surface area (Å²) >= 11 is 0. The second-order valence-corrected chi connectivity index (χ2v) is 10.2. The predicted molar refractivity (Wildman–Crippen MR) is 174 cm³/mol. The number of unbranched alkanes of at least 4 members (excludes halogenated alkanes) is 6. The molecule has 0 radical (unpaired) electrons. The highest BCUT2D eigenvalue weighted by atomic mass is 16.6. The number of hydrogen-bond acceptors (Lipinski definition) is 6. The monoisotopic (exact) mass is 595 g/mol. The summed E-state index contributed by atoms with van der Waals surface area (Å²) in [5.41, 5.74) is 0.240. The van der Waals surface area contributed by atoms with Crippen molar-refractivity contribution in [2.45, 2.75) is 104 Å². The summed E-state index contributed by atoms with van der Waals surface area (Å²) in [6.07, 6.45) is 29.8. The van der Waals surface area contributed by atoms with Crippen LogP contribution in [-0.4, -0.2) is 43.7 Å². The van der Waals surface area contributed by atoms with Crippen LogP contribution in [0.2, 0.25) is 0 Å². The normalized spacial score (nSPS) is 12.4. The maximum atomic E-state index is 12.4. The second kappa shape index (κ2) is 26.2. The van der Waals surface area contributed by atoms with Crippen molar-refractivity contribution >= 4 is 17.8 Å². The largest absolute Gasteiger partial charge is 0.462 e. The molecule has 1 aromatic rings. The number of carbonyl (C=O) groups excluding carboxylic acids is 3. The first-order valence-electron chi connectivity index (χ1n) is 15.9. The Bertz CT molecular complexity index is 1030. The zero-order valence-electron chi connectivity index (χ0n) is 26.6. The van der Waals surface area contributed by atoms with Gasteiger partial charge in [0.1, 0.15) is 12.4 Å². The van der Waals surface area contributed by atoms with Gasteiger partial charge in [-0.05, 0) is 63.5 Å². The average molecular weight is 596 g/mol. The molecular formula is C36H53NO6. The lowest BCUT2D eigenvalue weighted by atomic mass is 10.1. The Morgan fingerprint density at radius 3 is 2.02 bits per heavy atom. The summed E-state index contributed by atoms with van der Waals surface area (Å²) in [7, 11) is 0. The molecule has 0 aliphatic rings. The molecule has 7 heteroatoms. The number of hydrogen-bond donors (Lipinski definition) is 1. The fraction of sp³-hybridized carbons (Fsp3) is 0.528. The quantitative estimate of drug-likeness (QED) is 0.0560. The average Bonchev–Trinajstić information content (AvgIpc) is 3.00. The zero-order chi connectivity index (χ0) is 31.4. The summed E-state index contributed by atoms with van der Waals surface area (Å²) in [5.74, 6) is -1.15. The van der Waals surface area contributed by atoms with Gasteiger partial charge in [-0.3, -0.25) is 9.59 Å². The van der Waals surface area contributed by atoms with Crippen LogP contribution in [-0.2, 0) is 19.1 Å². The van der Waals surface area contributed by atoms with Crippen molar-refractivity contribution in [2.75, 3.05) is 19.8 Å². The fourth-order valence-corrected chi connectivity index (χ4v) is 4.15. The molecule has 0 aliphatic carbocycles. The molecule has 1 atom stereocenters. The van der Waals surface area contributed by atoms with E-state index in [0.717, 1.165) is 44.9 Å². The van der Waals surface area contributed by atoms with E-state index in [1.165, 1.54) is 32.6 Å². The van der Waals surface area contributed by atoms with Gasteiger partial charge in [0.05, 0.1) is 12.1 Å². The molecule has 1 unspecified atom stereocenters. The first-order chi connectivity index (χ1) is 21.0. The van der Waals surface area contributed by atoms with Gasteiger partial charge in [-0.25, -0.2) is 4.79 Å². The number of benzene rings is 1. The Morgan fingerprint density at radius 1 is 0.767 bits per heavy atom. The smallest absolute Gasteiger partial charge is 0.335 e. The van der Waals surface area contributed by atoms with Crippen molar-refractivity contribution in [1.29, 1.82) is 0 Å². The van der Waals surface area contributed by atoms with Crippen molar-refractivity contribution in [3.05, 3.63) is 78.4 Å². The number of para-hydroxylation sites is 1. The summed E-state index contributed by atoms with van der Waals surface area (Å²) in [4.78, 5) is 36.0. The van der Waals surface area contributed by atoms with Gasteiger partial charge in [-0.1, -0.05) is 100 Å². The van der Waals surface area contributed by atoms with Crippen molar-refractivity contribution in [3.63, 3.8) is 0 Å². The molecule has 0 bridgehead atoms. The third kappa shape index (κ3) is 20.2. The molecule has 43 heavy (non-hydrogen) atoms. The van der Waals surface area contributed by atoms with E-state index in [0.29, 0.717) is 13.0 Å². The van der Waals surface area contributed by atoms with Crippen molar-refractivity contribution in [3.8, 4) is 5.75 Å². The minimum atomic E-state index is -0.605. The van der Waals surface area contributed by atoms with Crippen LogP contribution in [0.25, 0.3) is 0 Å². The standard InChI is InChI=1S/C36H53NO6/c1-4-6-7-8-9-10-11-12-13-14-15-16-17-18-19-20-21-22-25-29-41-33(5-2)36(40)42-30-28-37-35(39)32-26-23-24-27-34(32)43-31(3)38/h6-7,9-10,12-13,15-16,23-24,26-27,33H,4-5,8,11,14,17-22,25,28-30H2,1-3H3,(H,37,39)/b7-6-,10-9-,13-12-,16-15-. The summed E-state index contributed by atoms with van der Waals surface area (Å²) in [6.45, 7) is 6.00. The molecular weight excluding hydrogens is 542 g/mol. The van der Waals surface area contributed by atoms with Gasteiger partial charge in [0.15, 0.2) is 6.10 Å². The summed E-state index contributed by atoms with van der Waals surface area (Å²) < 4.78 is 16.1. The van der Waals surface area contributed by atoms with E-state index >= 15 is 0 Å². The van der Waals surface area contributed by atoms with E-state index in [1.54, 1.807) is 24.3 Å². The lowest BCUT2D eigenvalue weighted by Gasteiger charge is -2.15.